The van der Waals surface area contributed by atoms with Crippen molar-refractivity contribution >= 4 is 28.3 Å². The predicted octanol–water partition coefficient (Wildman–Crippen LogP) is 5.50. The van der Waals surface area contributed by atoms with Crippen molar-refractivity contribution in [3.05, 3.63) is 78.6 Å². The van der Waals surface area contributed by atoms with Crippen molar-refractivity contribution in [2.45, 2.75) is 19.3 Å². The number of hydrazine groups is 1. The number of anilines is 2. The summed E-state index contributed by atoms with van der Waals surface area (Å²) in [4.78, 5) is 21.8. The number of ether oxygens (including phenoxy) is 2. The van der Waals surface area contributed by atoms with E-state index in [0.29, 0.717) is 39.5 Å². The lowest BCUT2D eigenvalue weighted by Crippen LogP contribution is -2.35. The second-order valence-electron chi connectivity index (χ2n) is 8.34. The number of para-hydroxylation sites is 1. The summed E-state index contributed by atoms with van der Waals surface area (Å²) in [5.41, 5.74) is 6.82. The molecule has 2 N–H and O–H groups in total. The van der Waals surface area contributed by atoms with Gasteiger partial charge in [0.25, 0.3) is 5.91 Å². The van der Waals surface area contributed by atoms with Gasteiger partial charge in [-0.15, -0.1) is 0 Å². The van der Waals surface area contributed by atoms with E-state index in [1.54, 1.807) is 25.6 Å². The molecule has 0 aliphatic carbocycles. The van der Waals surface area contributed by atoms with Crippen LogP contribution in [0.15, 0.2) is 73.1 Å². The Morgan fingerprint density at radius 3 is 2.54 bits per heavy atom. The molecule has 1 saturated heterocycles. The third kappa shape index (κ3) is 5.33. The molecule has 1 fully saturated rings. The Bertz CT molecular complexity index is 1320. The number of amides is 1. The molecule has 2 aromatic heterocycles. The Morgan fingerprint density at radius 2 is 1.74 bits per heavy atom. The van der Waals surface area contributed by atoms with Gasteiger partial charge in [0.1, 0.15) is 17.0 Å². The molecule has 0 radical (unpaired) electrons. The fourth-order valence-corrected chi connectivity index (χ4v) is 4.07. The fraction of sp³-hybridized carbons (Fsp3) is 0.222. The first-order chi connectivity index (χ1) is 17.2. The number of rotatable bonds is 7. The average Bonchev–Trinajstić information content (AvgIpc) is 2.90. The van der Waals surface area contributed by atoms with E-state index < -0.39 is 0 Å². The summed E-state index contributed by atoms with van der Waals surface area (Å²) in [6.07, 6.45) is 6.88. The number of pyridine rings is 2. The Labute approximate surface area is 203 Å². The van der Waals surface area contributed by atoms with Crippen molar-refractivity contribution in [1.29, 1.82) is 0 Å². The van der Waals surface area contributed by atoms with Crippen LogP contribution in [0.5, 0.6) is 17.2 Å². The lowest BCUT2D eigenvalue weighted by molar-refractivity contribution is 0.102. The van der Waals surface area contributed by atoms with E-state index in [9.17, 15) is 4.79 Å². The summed E-state index contributed by atoms with van der Waals surface area (Å²) in [5, 5.41) is 5.16. The van der Waals surface area contributed by atoms with Gasteiger partial charge in [0, 0.05) is 37.1 Å². The van der Waals surface area contributed by atoms with Crippen molar-refractivity contribution in [2.75, 3.05) is 30.9 Å². The number of methoxy groups -OCH3 is 1. The van der Waals surface area contributed by atoms with Crippen LogP contribution in [-0.2, 0) is 0 Å². The van der Waals surface area contributed by atoms with Gasteiger partial charge < -0.3 is 20.2 Å². The van der Waals surface area contributed by atoms with E-state index in [4.69, 9.17) is 9.47 Å². The molecule has 178 valence electrons. The summed E-state index contributed by atoms with van der Waals surface area (Å²) < 4.78 is 11.3. The molecule has 1 aliphatic rings. The summed E-state index contributed by atoms with van der Waals surface area (Å²) in [5.74, 6) is 1.68. The van der Waals surface area contributed by atoms with Crippen LogP contribution < -0.4 is 20.2 Å². The molecule has 0 unspecified atom stereocenters. The maximum Gasteiger partial charge on any atom is 0.257 e. The monoisotopic (exact) mass is 469 g/mol. The number of nitrogens with zero attached hydrogens (tertiary/aromatic N) is 3. The van der Waals surface area contributed by atoms with Gasteiger partial charge >= 0.3 is 0 Å². The third-order valence-electron chi connectivity index (χ3n) is 5.90. The Kier molecular flexibility index (Phi) is 6.72. The maximum absolute atomic E-state index is 13.0. The molecule has 8 heteroatoms. The molecule has 35 heavy (non-hydrogen) atoms. The maximum atomic E-state index is 13.0. The van der Waals surface area contributed by atoms with Crippen molar-refractivity contribution in [2.24, 2.45) is 0 Å². The second kappa shape index (κ2) is 10.4. The number of benzene rings is 2. The molecule has 1 amide bonds. The highest BCUT2D eigenvalue weighted by Gasteiger charge is 2.15. The van der Waals surface area contributed by atoms with Crippen molar-refractivity contribution in [3.63, 3.8) is 0 Å². The van der Waals surface area contributed by atoms with E-state index in [1.807, 2.05) is 54.6 Å². The van der Waals surface area contributed by atoms with Gasteiger partial charge in [-0.05, 0) is 49.2 Å². The van der Waals surface area contributed by atoms with Gasteiger partial charge in [0.05, 0.1) is 30.1 Å². The highest BCUT2D eigenvalue weighted by molar-refractivity contribution is 6.08. The topological polar surface area (TPSA) is 88.6 Å². The number of hydrogen-bond donors (Lipinski definition) is 2. The number of nitrogens with one attached hydrogen (secondary N) is 2. The molecule has 3 heterocycles. The normalized spacial score (nSPS) is 13.9. The Balaban J connectivity index is 1.27. The van der Waals surface area contributed by atoms with Gasteiger partial charge in [-0.25, -0.2) is 9.99 Å². The zero-order chi connectivity index (χ0) is 24.0. The minimum absolute atomic E-state index is 0.169. The highest BCUT2D eigenvalue weighted by atomic mass is 16.5. The molecule has 0 atom stereocenters. The number of hydrogen-bond acceptors (Lipinski definition) is 7. The van der Waals surface area contributed by atoms with Crippen LogP contribution in [0, 0.1) is 0 Å². The first-order valence-electron chi connectivity index (χ1n) is 11.7. The molecule has 0 bridgehead atoms. The number of carbonyl (C=O) groups excluding carboxylic acids is 1. The highest BCUT2D eigenvalue weighted by Crippen LogP contribution is 2.30. The Morgan fingerprint density at radius 1 is 0.943 bits per heavy atom. The van der Waals surface area contributed by atoms with Crippen molar-refractivity contribution < 1.29 is 14.3 Å². The predicted molar refractivity (Wildman–Crippen MR) is 136 cm³/mol. The minimum atomic E-state index is -0.169. The number of fused-ring (bicyclic) bond motifs is 1. The lowest BCUT2D eigenvalue weighted by Gasteiger charge is -2.28. The van der Waals surface area contributed by atoms with E-state index in [1.165, 1.54) is 6.42 Å². The van der Waals surface area contributed by atoms with E-state index in [2.05, 4.69) is 25.7 Å². The number of aromatic nitrogens is 2. The van der Waals surface area contributed by atoms with Crippen LogP contribution in [0.4, 0.5) is 11.4 Å². The van der Waals surface area contributed by atoms with Crippen molar-refractivity contribution in [1.82, 2.24) is 15.0 Å². The van der Waals surface area contributed by atoms with Gasteiger partial charge in [-0.2, -0.15) is 0 Å². The van der Waals surface area contributed by atoms with E-state index >= 15 is 0 Å². The first-order valence-corrected chi connectivity index (χ1v) is 11.7. The first kappa shape index (κ1) is 22.6. The average molecular weight is 470 g/mol. The van der Waals surface area contributed by atoms with Crippen LogP contribution in [0.1, 0.15) is 29.6 Å². The summed E-state index contributed by atoms with van der Waals surface area (Å²) in [6.45, 7) is 1.96. The van der Waals surface area contributed by atoms with Crippen LogP contribution in [0.3, 0.4) is 0 Å². The zero-order valence-electron chi connectivity index (χ0n) is 19.5. The molecular weight excluding hydrogens is 442 g/mol. The fourth-order valence-electron chi connectivity index (χ4n) is 4.07. The van der Waals surface area contributed by atoms with Crippen LogP contribution >= 0.6 is 0 Å². The van der Waals surface area contributed by atoms with Gasteiger partial charge in [-0.1, -0.05) is 18.6 Å². The molecular formula is C27H27N5O3. The smallest absolute Gasteiger partial charge is 0.257 e. The molecule has 0 saturated carbocycles. The van der Waals surface area contributed by atoms with Gasteiger partial charge in [0.15, 0.2) is 5.75 Å². The van der Waals surface area contributed by atoms with Crippen LogP contribution in [0.2, 0.25) is 0 Å². The largest absolute Gasteiger partial charge is 0.495 e. The van der Waals surface area contributed by atoms with Gasteiger partial charge in [-0.3, -0.25) is 9.78 Å². The van der Waals surface area contributed by atoms with Crippen molar-refractivity contribution in [3.8, 4) is 17.2 Å². The molecule has 8 nitrogen and oxygen atoms in total. The zero-order valence-corrected chi connectivity index (χ0v) is 19.5. The summed E-state index contributed by atoms with van der Waals surface area (Å²) in [7, 11) is 1.59. The van der Waals surface area contributed by atoms with Crippen LogP contribution in [-0.4, -0.2) is 41.1 Å². The van der Waals surface area contributed by atoms with E-state index in [-0.39, 0.29) is 5.91 Å². The molecule has 1 aliphatic heterocycles. The summed E-state index contributed by atoms with van der Waals surface area (Å²) >= 11 is 0. The SMILES string of the molecule is COc1cnc2c(Oc3ccc(NC(=O)c4ccccc4NN4CCCCC4)cc3)ccnc2c1. The lowest BCUT2D eigenvalue weighted by atomic mass is 10.1. The standard InChI is InChI=1S/C27H27N5O3/c1-34-21-17-24-26(29-18-21)25(13-14-28-24)35-20-11-9-19(10-12-20)30-27(33)22-7-3-4-8-23(22)31-32-15-5-2-6-16-32/h3-4,7-14,17-18,31H,2,5-6,15-16H2,1H3,(H,30,33). The molecule has 4 aromatic rings. The molecule has 2 aromatic carbocycles. The molecule has 5 rings (SSSR count). The summed E-state index contributed by atoms with van der Waals surface area (Å²) in [6, 6.07) is 18.4. The van der Waals surface area contributed by atoms with Gasteiger partial charge in [0.2, 0.25) is 0 Å². The Hall–Kier alpha value is -4.17. The van der Waals surface area contributed by atoms with Crippen LogP contribution in [0.25, 0.3) is 11.0 Å². The third-order valence-corrected chi connectivity index (χ3v) is 5.90. The second-order valence-corrected chi connectivity index (χ2v) is 8.34. The quantitative estimate of drug-likeness (QED) is 0.370. The number of piperidine rings is 1. The minimum Gasteiger partial charge on any atom is -0.495 e. The molecule has 0 spiro atoms. The van der Waals surface area contributed by atoms with E-state index in [0.717, 1.165) is 31.6 Å². The number of carbonyl (C=O) groups is 1.